The van der Waals surface area contributed by atoms with Crippen LogP contribution >= 0.6 is 11.8 Å². The van der Waals surface area contributed by atoms with E-state index in [1.807, 2.05) is 30.3 Å². The Balaban J connectivity index is 1.73. The molecular formula is C26H27N3OS. The molecule has 31 heavy (non-hydrogen) atoms. The molecule has 1 heterocycles. The molecule has 0 amide bonds. The SMILES string of the molecule is COc1ccc(-n2c(SCc3ccccc3)nnc2-c2ccc(C(C)(C)C)cc2)cc1. The monoisotopic (exact) mass is 429 g/mol. The van der Waals surface area contributed by atoms with E-state index in [4.69, 9.17) is 4.74 Å². The molecule has 3 aromatic carbocycles. The summed E-state index contributed by atoms with van der Waals surface area (Å²) in [5, 5.41) is 9.98. The fourth-order valence-corrected chi connectivity index (χ4v) is 4.26. The Morgan fingerprint density at radius 2 is 1.52 bits per heavy atom. The zero-order valence-corrected chi connectivity index (χ0v) is 19.2. The molecule has 0 atom stereocenters. The average molecular weight is 430 g/mol. The average Bonchev–Trinajstić information content (AvgIpc) is 3.22. The zero-order chi connectivity index (χ0) is 21.8. The Kier molecular flexibility index (Phi) is 6.14. The third-order valence-corrected chi connectivity index (χ3v) is 6.18. The van der Waals surface area contributed by atoms with Gasteiger partial charge in [0.1, 0.15) is 5.75 Å². The highest BCUT2D eigenvalue weighted by Crippen LogP contribution is 2.31. The highest BCUT2D eigenvalue weighted by atomic mass is 32.2. The zero-order valence-electron chi connectivity index (χ0n) is 18.4. The summed E-state index contributed by atoms with van der Waals surface area (Å²) in [6.07, 6.45) is 0. The Bertz CT molecular complexity index is 1130. The number of ether oxygens (including phenoxy) is 1. The number of benzene rings is 3. The molecule has 4 rings (SSSR count). The highest BCUT2D eigenvalue weighted by Gasteiger charge is 2.18. The minimum absolute atomic E-state index is 0.110. The van der Waals surface area contributed by atoms with Crippen molar-refractivity contribution < 1.29 is 4.74 Å². The molecule has 0 unspecified atom stereocenters. The lowest BCUT2D eigenvalue weighted by Gasteiger charge is -2.19. The number of thioether (sulfide) groups is 1. The number of aromatic nitrogens is 3. The van der Waals surface area contributed by atoms with Gasteiger partial charge in [-0.3, -0.25) is 4.57 Å². The molecule has 0 aliphatic heterocycles. The van der Waals surface area contributed by atoms with Gasteiger partial charge in [0.25, 0.3) is 0 Å². The van der Waals surface area contributed by atoms with Gasteiger partial charge >= 0.3 is 0 Å². The van der Waals surface area contributed by atoms with Gasteiger partial charge in [0.2, 0.25) is 0 Å². The van der Waals surface area contributed by atoms with Gasteiger partial charge in [-0.05, 0) is 40.8 Å². The summed E-state index contributed by atoms with van der Waals surface area (Å²) in [6.45, 7) is 6.67. The minimum Gasteiger partial charge on any atom is -0.497 e. The van der Waals surface area contributed by atoms with Crippen LogP contribution in [0.5, 0.6) is 5.75 Å². The van der Waals surface area contributed by atoms with Gasteiger partial charge in [-0.15, -0.1) is 10.2 Å². The lowest BCUT2D eigenvalue weighted by atomic mass is 9.87. The summed E-state index contributed by atoms with van der Waals surface area (Å²) in [7, 11) is 1.68. The number of methoxy groups -OCH3 is 1. The predicted molar refractivity (Wildman–Crippen MR) is 128 cm³/mol. The van der Waals surface area contributed by atoms with Crippen LogP contribution in [0, 0.1) is 0 Å². The molecule has 4 nitrogen and oxygen atoms in total. The van der Waals surface area contributed by atoms with Crippen LogP contribution < -0.4 is 4.74 Å². The number of nitrogens with zero attached hydrogens (tertiary/aromatic N) is 3. The molecule has 0 bridgehead atoms. The quantitative estimate of drug-likeness (QED) is 0.327. The molecule has 0 aliphatic carbocycles. The Hall–Kier alpha value is -3.05. The molecular weight excluding hydrogens is 402 g/mol. The van der Waals surface area contributed by atoms with Gasteiger partial charge < -0.3 is 4.74 Å². The van der Waals surface area contributed by atoms with Crippen molar-refractivity contribution in [1.82, 2.24) is 14.8 Å². The van der Waals surface area contributed by atoms with E-state index < -0.39 is 0 Å². The standard InChI is InChI=1S/C26H27N3OS/c1-26(2,3)21-12-10-20(11-13-21)24-27-28-25(31-18-19-8-6-5-7-9-19)29(24)22-14-16-23(30-4)17-15-22/h5-17H,18H2,1-4H3. The van der Waals surface area contributed by atoms with E-state index in [-0.39, 0.29) is 5.41 Å². The first kappa shape index (κ1) is 21.2. The lowest BCUT2D eigenvalue weighted by Crippen LogP contribution is -2.10. The van der Waals surface area contributed by atoms with Crippen molar-refractivity contribution in [2.24, 2.45) is 0 Å². The van der Waals surface area contributed by atoms with Crippen LogP contribution in [0.3, 0.4) is 0 Å². The van der Waals surface area contributed by atoms with Gasteiger partial charge in [-0.1, -0.05) is 87.1 Å². The van der Waals surface area contributed by atoms with Gasteiger partial charge in [0.15, 0.2) is 11.0 Å². The smallest absolute Gasteiger partial charge is 0.196 e. The number of hydrogen-bond acceptors (Lipinski definition) is 4. The van der Waals surface area contributed by atoms with E-state index >= 15 is 0 Å². The van der Waals surface area contributed by atoms with E-state index in [1.165, 1.54) is 11.1 Å². The third kappa shape index (κ3) is 4.83. The van der Waals surface area contributed by atoms with Crippen LogP contribution in [-0.2, 0) is 11.2 Å². The fraction of sp³-hybridized carbons (Fsp3) is 0.231. The normalized spacial score (nSPS) is 11.5. The van der Waals surface area contributed by atoms with E-state index in [9.17, 15) is 0 Å². The van der Waals surface area contributed by atoms with Crippen molar-refractivity contribution in [2.75, 3.05) is 7.11 Å². The first-order chi connectivity index (χ1) is 15.0. The van der Waals surface area contributed by atoms with E-state index in [0.717, 1.165) is 33.7 Å². The van der Waals surface area contributed by atoms with Gasteiger partial charge in [0, 0.05) is 17.0 Å². The molecule has 0 aliphatic rings. The van der Waals surface area contributed by atoms with E-state index in [1.54, 1.807) is 18.9 Å². The summed E-state index contributed by atoms with van der Waals surface area (Å²) in [4.78, 5) is 0. The number of hydrogen-bond donors (Lipinski definition) is 0. The van der Waals surface area contributed by atoms with Crippen molar-refractivity contribution in [2.45, 2.75) is 37.1 Å². The van der Waals surface area contributed by atoms with Crippen LogP contribution in [-0.4, -0.2) is 21.9 Å². The molecule has 0 spiro atoms. The maximum absolute atomic E-state index is 5.34. The Labute approximate surface area is 188 Å². The lowest BCUT2D eigenvalue weighted by molar-refractivity contribution is 0.414. The summed E-state index contributed by atoms with van der Waals surface area (Å²) in [5.41, 5.74) is 4.72. The van der Waals surface area contributed by atoms with Crippen molar-refractivity contribution in [1.29, 1.82) is 0 Å². The second-order valence-corrected chi connectivity index (χ2v) is 9.38. The minimum atomic E-state index is 0.110. The molecule has 1 aromatic heterocycles. The van der Waals surface area contributed by atoms with Crippen LogP contribution in [0.4, 0.5) is 0 Å². The topological polar surface area (TPSA) is 39.9 Å². The molecule has 0 radical (unpaired) electrons. The predicted octanol–water partition coefficient (Wildman–Crippen LogP) is 6.53. The van der Waals surface area contributed by atoms with Crippen LogP contribution in [0.15, 0.2) is 84.0 Å². The summed E-state index contributed by atoms with van der Waals surface area (Å²) in [5.74, 6) is 2.49. The van der Waals surface area contributed by atoms with Crippen molar-refractivity contribution in [3.05, 3.63) is 90.0 Å². The molecule has 4 aromatic rings. The molecule has 0 N–H and O–H groups in total. The molecule has 0 saturated carbocycles. The largest absolute Gasteiger partial charge is 0.497 e. The third-order valence-electron chi connectivity index (χ3n) is 5.18. The highest BCUT2D eigenvalue weighted by molar-refractivity contribution is 7.98. The van der Waals surface area contributed by atoms with Crippen LogP contribution in [0.1, 0.15) is 31.9 Å². The Morgan fingerprint density at radius 3 is 2.13 bits per heavy atom. The maximum Gasteiger partial charge on any atom is 0.196 e. The Morgan fingerprint density at radius 1 is 0.839 bits per heavy atom. The molecule has 0 saturated heterocycles. The van der Waals surface area contributed by atoms with Crippen molar-refractivity contribution >= 4 is 11.8 Å². The van der Waals surface area contributed by atoms with Crippen molar-refractivity contribution in [3.63, 3.8) is 0 Å². The van der Waals surface area contributed by atoms with E-state index in [2.05, 4.69) is 84.1 Å². The van der Waals surface area contributed by atoms with Gasteiger partial charge in [-0.2, -0.15) is 0 Å². The fourth-order valence-electron chi connectivity index (χ4n) is 3.36. The maximum atomic E-state index is 5.34. The molecule has 5 heteroatoms. The molecule has 158 valence electrons. The van der Waals surface area contributed by atoms with Gasteiger partial charge in [0.05, 0.1) is 7.11 Å². The second-order valence-electron chi connectivity index (χ2n) is 8.44. The summed E-state index contributed by atoms with van der Waals surface area (Å²) < 4.78 is 7.46. The molecule has 0 fully saturated rings. The number of rotatable bonds is 6. The van der Waals surface area contributed by atoms with E-state index in [0.29, 0.717) is 0 Å². The van der Waals surface area contributed by atoms with Crippen LogP contribution in [0.25, 0.3) is 17.1 Å². The summed E-state index contributed by atoms with van der Waals surface area (Å²) in [6, 6.07) is 27.1. The van der Waals surface area contributed by atoms with Crippen LogP contribution in [0.2, 0.25) is 0 Å². The first-order valence-electron chi connectivity index (χ1n) is 10.3. The van der Waals surface area contributed by atoms with Gasteiger partial charge in [-0.25, -0.2) is 0 Å². The summed E-state index contributed by atoms with van der Waals surface area (Å²) >= 11 is 1.69. The van der Waals surface area contributed by atoms with Crippen molar-refractivity contribution in [3.8, 4) is 22.8 Å². The first-order valence-corrected chi connectivity index (χ1v) is 11.3. The second kappa shape index (κ2) is 8.98.